The van der Waals surface area contributed by atoms with E-state index in [9.17, 15) is 9.59 Å². The van der Waals surface area contributed by atoms with Gasteiger partial charge in [0.1, 0.15) is 17.2 Å². The number of carbonyl (C=O) groups excluding carboxylic acids is 1. The van der Waals surface area contributed by atoms with E-state index in [0.29, 0.717) is 5.39 Å². The fourth-order valence-electron chi connectivity index (χ4n) is 4.59. The molecule has 1 aliphatic rings. The second-order valence-electron chi connectivity index (χ2n) is 12.0. The number of pyridine rings is 2. The first-order valence-corrected chi connectivity index (χ1v) is 13.0. The van der Waals surface area contributed by atoms with Gasteiger partial charge in [-0.3, -0.25) is 4.57 Å². The maximum Gasteiger partial charge on any atom is 0.495 e. The number of ether oxygens (including phenoxy) is 2. The third-order valence-corrected chi connectivity index (χ3v) is 7.38. The maximum absolute atomic E-state index is 15.6. The van der Waals surface area contributed by atoms with Gasteiger partial charge in [0.2, 0.25) is 5.88 Å². The summed E-state index contributed by atoms with van der Waals surface area (Å²) in [5.41, 5.74) is -2.88. The summed E-state index contributed by atoms with van der Waals surface area (Å²) in [4.78, 5) is 35.4. The van der Waals surface area contributed by atoms with Gasteiger partial charge >= 0.3 is 18.9 Å². The van der Waals surface area contributed by atoms with Gasteiger partial charge in [-0.25, -0.2) is 23.4 Å². The number of carbonyl (C=O) groups is 1. The molecule has 0 N–H and O–H groups in total. The molecule has 4 aromatic rings. The van der Waals surface area contributed by atoms with Crippen molar-refractivity contribution in [2.24, 2.45) is 0 Å². The monoisotopic (exact) mass is 568 g/mol. The van der Waals surface area contributed by atoms with Crippen molar-refractivity contribution in [2.75, 3.05) is 7.11 Å². The quantitative estimate of drug-likeness (QED) is 0.338. The summed E-state index contributed by atoms with van der Waals surface area (Å²) in [6.07, 6.45) is 0.339. The molecular formula is C28H31BF2N4O6. The standard InChI is InChI=1S/C28H31BF2N4O6/c1-26(2,3)39-25(37)35-20-13-32-23-16(9-10-21(33-23)38-8)22(20)34(24(35)36)14-17-18(30)11-15(12-19(17)31)29-40-27(4,5)28(6,7)41-29/h9-13H,14H2,1-8H3. The summed E-state index contributed by atoms with van der Waals surface area (Å²) in [5.74, 6) is -1.53. The number of nitrogens with zero attached hydrogens (tertiary/aromatic N) is 4. The van der Waals surface area contributed by atoms with Crippen LogP contribution in [-0.4, -0.2) is 56.2 Å². The molecule has 0 bridgehead atoms. The zero-order chi connectivity index (χ0) is 30.1. The van der Waals surface area contributed by atoms with E-state index in [-0.39, 0.29) is 33.6 Å². The number of benzene rings is 1. The van der Waals surface area contributed by atoms with Gasteiger partial charge in [-0.2, -0.15) is 9.55 Å². The Balaban J connectivity index is 1.65. The van der Waals surface area contributed by atoms with Crippen LogP contribution in [-0.2, 0) is 20.6 Å². The molecule has 0 atom stereocenters. The van der Waals surface area contributed by atoms with Gasteiger partial charge in [-0.15, -0.1) is 0 Å². The Morgan fingerprint density at radius 1 is 1.07 bits per heavy atom. The number of aromatic nitrogens is 4. The largest absolute Gasteiger partial charge is 0.495 e. The van der Waals surface area contributed by atoms with Crippen LogP contribution in [0.4, 0.5) is 13.6 Å². The maximum atomic E-state index is 15.6. The van der Waals surface area contributed by atoms with E-state index in [0.717, 1.165) is 21.3 Å². The third-order valence-electron chi connectivity index (χ3n) is 7.38. The number of hydrogen-bond donors (Lipinski definition) is 0. The molecule has 1 saturated heterocycles. The van der Waals surface area contributed by atoms with Gasteiger partial charge in [0.15, 0.2) is 5.65 Å². The Kier molecular flexibility index (Phi) is 6.73. The summed E-state index contributed by atoms with van der Waals surface area (Å²) < 4.78 is 55.5. The normalized spacial score (nSPS) is 16.5. The predicted molar refractivity (Wildman–Crippen MR) is 149 cm³/mol. The molecule has 1 aliphatic heterocycles. The molecular weight excluding hydrogens is 537 g/mol. The highest BCUT2D eigenvalue weighted by atomic mass is 19.1. The molecule has 41 heavy (non-hydrogen) atoms. The molecule has 0 saturated carbocycles. The zero-order valence-corrected chi connectivity index (χ0v) is 24.2. The topological polar surface area (TPSA) is 107 Å². The lowest BCUT2D eigenvalue weighted by atomic mass is 9.78. The minimum Gasteiger partial charge on any atom is -0.481 e. The van der Waals surface area contributed by atoms with Crippen molar-refractivity contribution in [3.63, 3.8) is 0 Å². The van der Waals surface area contributed by atoms with Crippen molar-refractivity contribution in [3.8, 4) is 5.88 Å². The highest BCUT2D eigenvalue weighted by molar-refractivity contribution is 6.62. The van der Waals surface area contributed by atoms with Crippen molar-refractivity contribution < 1.29 is 32.4 Å². The van der Waals surface area contributed by atoms with Gasteiger partial charge in [0.05, 0.1) is 42.1 Å². The minimum absolute atomic E-state index is 0.0957. The van der Waals surface area contributed by atoms with E-state index in [2.05, 4.69) is 9.97 Å². The lowest BCUT2D eigenvalue weighted by Gasteiger charge is -2.32. The fraction of sp³-hybridized carbons (Fsp3) is 0.429. The molecule has 10 nitrogen and oxygen atoms in total. The van der Waals surface area contributed by atoms with Gasteiger partial charge in [-0.1, -0.05) is 0 Å². The van der Waals surface area contributed by atoms with Gasteiger partial charge < -0.3 is 18.8 Å². The van der Waals surface area contributed by atoms with Gasteiger partial charge in [0.25, 0.3) is 0 Å². The van der Waals surface area contributed by atoms with Crippen LogP contribution in [0.3, 0.4) is 0 Å². The molecule has 13 heteroatoms. The molecule has 1 fully saturated rings. The first-order valence-electron chi connectivity index (χ1n) is 13.0. The van der Waals surface area contributed by atoms with Crippen LogP contribution in [0.25, 0.3) is 22.1 Å². The second kappa shape index (κ2) is 9.62. The molecule has 0 radical (unpaired) electrons. The average Bonchev–Trinajstić information content (AvgIpc) is 3.27. The Morgan fingerprint density at radius 3 is 2.24 bits per heavy atom. The highest BCUT2D eigenvalue weighted by Gasteiger charge is 2.52. The molecule has 5 rings (SSSR count). The second-order valence-corrected chi connectivity index (χ2v) is 12.0. The van der Waals surface area contributed by atoms with Crippen molar-refractivity contribution in [1.82, 2.24) is 19.1 Å². The number of rotatable bonds is 4. The molecule has 4 heterocycles. The smallest absolute Gasteiger partial charge is 0.481 e. The summed E-state index contributed by atoms with van der Waals surface area (Å²) >= 11 is 0. The van der Waals surface area contributed by atoms with Crippen LogP contribution in [0.5, 0.6) is 5.88 Å². The van der Waals surface area contributed by atoms with Crippen LogP contribution in [0, 0.1) is 11.6 Å². The van der Waals surface area contributed by atoms with E-state index in [1.165, 1.54) is 13.3 Å². The van der Waals surface area contributed by atoms with Crippen LogP contribution in [0.15, 0.2) is 35.3 Å². The number of halogens is 2. The third kappa shape index (κ3) is 4.97. The highest BCUT2D eigenvalue weighted by Crippen LogP contribution is 2.36. The van der Waals surface area contributed by atoms with Crippen molar-refractivity contribution in [3.05, 3.63) is 58.1 Å². The average molecular weight is 568 g/mol. The Bertz CT molecular complexity index is 1720. The van der Waals surface area contributed by atoms with Crippen LogP contribution >= 0.6 is 0 Å². The zero-order valence-electron chi connectivity index (χ0n) is 24.2. The molecule has 0 amide bonds. The SMILES string of the molecule is COc1ccc2c(ncc3c2n(Cc2c(F)cc(B4OC(C)(C)C(C)(C)O4)cc2F)c(=O)n3C(=O)OC(C)(C)C)n1. The number of hydrogen-bond acceptors (Lipinski definition) is 8. The van der Waals surface area contributed by atoms with E-state index < -0.39 is 53.9 Å². The molecule has 0 aliphatic carbocycles. The van der Waals surface area contributed by atoms with Crippen molar-refractivity contribution in [2.45, 2.75) is 71.8 Å². The van der Waals surface area contributed by atoms with E-state index >= 15 is 8.78 Å². The lowest BCUT2D eigenvalue weighted by molar-refractivity contribution is 0.00578. The van der Waals surface area contributed by atoms with Crippen LogP contribution in [0.1, 0.15) is 54.0 Å². The number of imidazole rings is 1. The molecule has 3 aromatic heterocycles. The van der Waals surface area contributed by atoms with E-state index in [1.807, 2.05) is 27.7 Å². The van der Waals surface area contributed by atoms with Crippen molar-refractivity contribution >= 4 is 40.7 Å². The van der Waals surface area contributed by atoms with Crippen molar-refractivity contribution in [1.29, 1.82) is 0 Å². The fourth-order valence-corrected chi connectivity index (χ4v) is 4.59. The first kappa shape index (κ1) is 28.7. The molecule has 0 spiro atoms. The summed E-state index contributed by atoms with van der Waals surface area (Å²) in [6.45, 7) is 11.8. The lowest BCUT2D eigenvalue weighted by Crippen LogP contribution is -2.41. The number of fused-ring (bicyclic) bond motifs is 3. The Labute approximate surface area is 235 Å². The Morgan fingerprint density at radius 2 is 1.68 bits per heavy atom. The first-order chi connectivity index (χ1) is 19.0. The van der Waals surface area contributed by atoms with Crippen LogP contribution < -0.4 is 15.9 Å². The molecule has 1 aromatic carbocycles. The summed E-state index contributed by atoms with van der Waals surface area (Å²) in [7, 11) is 0.464. The van der Waals surface area contributed by atoms with E-state index in [1.54, 1.807) is 32.9 Å². The Hall–Kier alpha value is -3.84. The summed E-state index contributed by atoms with van der Waals surface area (Å²) in [5, 5.41) is 0.373. The number of methoxy groups -OCH3 is 1. The summed E-state index contributed by atoms with van der Waals surface area (Å²) in [6, 6.07) is 5.43. The predicted octanol–water partition coefficient (Wildman–Crippen LogP) is 4.16. The minimum atomic E-state index is -0.981. The van der Waals surface area contributed by atoms with Gasteiger partial charge in [0, 0.05) is 17.0 Å². The van der Waals surface area contributed by atoms with Gasteiger partial charge in [-0.05, 0) is 72.1 Å². The van der Waals surface area contributed by atoms with E-state index in [4.69, 9.17) is 18.8 Å². The van der Waals surface area contributed by atoms with Crippen LogP contribution in [0.2, 0.25) is 0 Å². The molecule has 216 valence electrons. The molecule has 0 unspecified atom stereocenters.